The maximum Gasteiger partial charge on any atom is 0.406 e. The number of aryl methyl sites for hydroxylation is 2. The van der Waals surface area contributed by atoms with E-state index in [-0.39, 0.29) is 12.4 Å². The third kappa shape index (κ3) is 4.82. The minimum atomic E-state index is -1.03. The van der Waals surface area contributed by atoms with E-state index in [2.05, 4.69) is 31.1 Å². The number of aliphatic hydroxyl groups excluding tert-OH is 1. The molecule has 0 aliphatic carbocycles. The average Bonchev–Trinajstić information content (AvgIpc) is 3.44. The molecule has 0 bridgehead atoms. The number of aliphatic hydroxyl groups is 1. The van der Waals surface area contributed by atoms with Crippen molar-refractivity contribution in [3.05, 3.63) is 91.8 Å². The van der Waals surface area contributed by atoms with Crippen LogP contribution < -0.4 is 4.74 Å². The SMILES string of the molecule is CCn1cc(C(O)c2cc(C)nn2-c2ccc(F)cc2COc2cc(Br)cnc2[N+](=O)[O-])cn1. The van der Waals surface area contributed by atoms with Crippen molar-refractivity contribution in [1.82, 2.24) is 24.5 Å². The lowest BCUT2D eigenvalue weighted by Gasteiger charge is -2.16. The number of pyridine rings is 1. The van der Waals surface area contributed by atoms with Crippen LogP contribution in [0.5, 0.6) is 5.75 Å². The van der Waals surface area contributed by atoms with E-state index in [0.29, 0.717) is 39.2 Å². The number of halogens is 2. The average molecular weight is 531 g/mol. The van der Waals surface area contributed by atoms with Crippen molar-refractivity contribution < 1.29 is 19.2 Å². The first-order valence-electron chi connectivity index (χ1n) is 10.2. The summed E-state index contributed by atoms with van der Waals surface area (Å²) in [7, 11) is 0. The van der Waals surface area contributed by atoms with Gasteiger partial charge < -0.3 is 20.0 Å². The third-order valence-electron chi connectivity index (χ3n) is 5.06. The summed E-state index contributed by atoms with van der Waals surface area (Å²) in [6.45, 7) is 4.17. The first-order valence-corrected chi connectivity index (χ1v) is 11.0. The van der Waals surface area contributed by atoms with E-state index >= 15 is 0 Å². The Morgan fingerprint density at radius 1 is 1.29 bits per heavy atom. The zero-order chi connectivity index (χ0) is 24.4. The van der Waals surface area contributed by atoms with Crippen LogP contribution in [0.4, 0.5) is 10.2 Å². The Bertz CT molecular complexity index is 1360. The Labute approximate surface area is 201 Å². The molecule has 0 aliphatic rings. The first kappa shape index (κ1) is 23.5. The fraction of sp³-hybridized carbons (Fsp3) is 0.227. The van der Waals surface area contributed by atoms with Gasteiger partial charge >= 0.3 is 5.82 Å². The Hall–Kier alpha value is -3.64. The topological polar surface area (TPSA) is 121 Å². The van der Waals surface area contributed by atoms with Gasteiger partial charge in [0.25, 0.3) is 0 Å². The molecule has 0 saturated heterocycles. The summed E-state index contributed by atoms with van der Waals surface area (Å²) in [5, 5.41) is 31.0. The van der Waals surface area contributed by atoms with Crippen LogP contribution in [0, 0.1) is 22.9 Å². The number of hydrogen-bond acceptors (Lipinski definition) is 7. The van der Waals surface area contributed by atoms with Crippen LogP contribution in [-0.4, -0.2) is 34.6 Å². The van der Waals surface area contributed by atoms with E-state index in [9.17, 15) is 19.6 Å². The molecule has 0 fully saturated rings. The molecule has 0 radical (unpaired) electrons. The molecule has 34 heavy (non-hydrogen) atoms. The summed E-state index contributed by atoms with van der Waals surface area (Å²) in [5.41, 5.74) is 2.50. The molecule has 4 rings (SSSR count). The van der Waals surface area contributed by atoms with Gasteiger partial charge in [0.05, 0.1) is 27.7 Å². The van der Waals surface area contributed by atoms with Gasteiger partial charge in [-0.3, -0.25) is 4.68 Å². The second-order valence-corrected chi connectivity index (χ2v) is 8.36. The molecule has 1 aromatic carbocycles. The summed E-state index contributed by atoms with van der Waals surface area (Å²) >= 11 is 3.22. The highest BCUT2D eigenvalue weighted by atomic mass is 79.9. The molecule has 0 aliphatic heterocycles. The first-order chi connectivity index (χ1) is 16.3. The lowest BCUT2D eigenvalue weighted by Crippen LogP contribution is -2.12. The quantitative estimate of drug-likeness (QED) is 0.266. The van der Waals surface area contributed by atoms with Gasteiger partial charge in [-0.2, -0.15) is 10.2 Å². The highest BCUT2D eigenvalue weighted by Gasteiger charge is 2.22. The van der Waals surface area contributed by atoms with Crippen LogP contribution in [0.25, 0.3) is 5.69 Å². The lowest BCUT2D eigenvalue weighted by molar-refractivity contribution is -0.390. The van der Waals surface area contributed by atoms with Gasteiger partial charge in [-0.05, 0) is 64.0 Å². The molecule has 0 saturated carbocycles. The summed E-state index contributed by atoms with van der Waals surface area (Å²) in [5.74, 6) is -1.04. The van der Waals surface area contributed by atoms with Gasteiger partial charge in [-0.25, -0.2) is 9.07 Å². The molecule has 1 unspecified atom stereocenters. The summed E-state index contributed by atoms with van der Waals surface area (Å²) in [6, 6.07) is 7.19. The molecule has 3 heterocycles. The van der Waals surface area contributed by atoms with Crippen LogP contribution in [0.3, 0.4) is 0 Å². The van der Waals surface area contributed by atoms with Crippen LogP contribution in [0.15, 0.2) is 53.4 Å². The molecule has 3 aromatic heterocycles. The molecule has 0 amide bonds. The van der Waals surface area contributed by atoms with E-state index in [0.717, 1.165) is 0 Å². The number of nitro groups is 1. The van der Waals surface area contributed by atoms with Crippen LogP contribution in [-0.2, 0) is 13.2 Å². The molecule has 1 N–H and O–H groups in total. The Morgan fingerprint density at radius 2 is 2.09 bits per heavy atom. The van der Waals surface area contributed by atoms with Crippen molar-refractivity contribution >= 4 is 21.7 Å². The second-order valence-electron chi connectivity index (χ2n) is 7.45. The maximum absolute atomic E-state index is 14.2. The molecule has 0 spiro atoms. The summed E-state index contributed by atoms with van der Waals surface area (Å²) in [4.78, 5) is 14.4. The number of rotatable bonds is 8. The van der Waals surface area contributed by atoms with Crippen molar-refractivity contribution in [3.8, 4) is 11.4 Å². The Morgan fingerprint density at radius 3 is 2.79 bits per heavy atom. The normalized spacial score (nSPS) is 12.0. The van der Waals surface area contributed by atoms with Crippen LogP contribution >= 0.6 is 15.9 Å². The lowest BCUT2D eigenvalue weighted by atomic mass is 10.1. The van der Waals surface area contributed by atoms with Crippen molar-refractivity contribution in [2.45, 2.75) is 33.1 Å². The van der Waals surface area contributed by atoms with Crippen molar-refractivity contribution in [2.24, 2.45) is 0 Å². The maximum atomic E-state index is 14.2. The number of aromatic nitrogens is 5. The fourth-order valence-corrected chi connectivity index (χ4v) is 3.77. The third-order valence-corrected chi connectivity index (χ3v) is 5.49. The molecule has 10 nitrogen and oxygen atoms in total. The van der Waals surface area contributed by atoms with Crippen LogP contribution in [0.2, 0.25) is 0 Å². The van der Waals surface area contributed by atoms with E-state index in [1.54, 1.807) is 30.1 Å². The summed E-state index contributed by atoms with van der Waals surface area (Å²) < 4.78 is 23.5. The van der Waals surface area contributed by atoms with E-state index < -0.39 is 22.7 Å². The fourth-order valence-electron chi connectivity index (χ4n) is 3.46. The van der Waals surface area contributed by atoms with Crippen LogP contribution in [0.1, 0.15) is 35.5 Å². The highest BCUT2D eigenvalue weighted by molar-refractivity contribution is 9.10. The van der Waals surface area contributed by atoms with Gasteiger partial charge in [0.15, 0.2) is 6.20 Å². The number of ether oxygens (including phenoxy) is 1. The smallest absolute Gasteiger partial charge is 0.406 e. The van der Waals surface area contributed by atoms with Gasteiger partial charge in [-0.15, -0.1) is 0 Å². The van der Waals surface area contributed by atoms with E-state index in [4.69, 9.17) is 4.74 Å². The largest absolute Gasteiger partial charge is 0.481 e. The monoisotopic (exact) mass is 530 g/mol. The summed E-state index contributed by atoms with van der Waals surface area (Å²) in [6.07, 6.45) is 3.58. The van der Waals surface area contributed by atoms with Crippen molar-refractivity contribution in [1.29, 1.82) is 0 Å². The highest BCUT2D eigenvalue weighted by Crippen LogP contribution is 2.30. The minimum absolute atomic E-state index is 0.0709. The van der Waals surface area contributed by atoms with E-state index in [1.807, 2.05) is 6.92 Å². The van der Waals surface area contributed by atoms with Crippen molar-refractivity contribution in [3.63, 3.8) is 0 Å². The van der Waals surface area contributed by atoms with E-state index in [1.165, 1.54) is 35.1 Å². The standard InChI is InChI=1S/C22H20BrFN6O4/c1-3-28-11-15(9-26-28)21(31)19-6-13(2)27-29(19)18-5-4-17(24)7-14(18)12-34-20-8-16(23)10-25-22(20)30(32)33/h4-11,21,31H,3,12H2,1-2H3. The predicted octanol–water partition coefficient (Wildman–Crippen LogP) is 4.26. The molecule has 176 valence electrons. The zero-order valence-electron chi connectivity index (χ0n) is 18.2. The minimum Gasteiger partial charge on any atom is -0.481 e. The van der Waals surface area contributed by atoms with Gasteiger partial charge in [-0.1, -0.05) is 0 Å². The molecular formula is C22H20BrFN6O4. The number of benzene rings is 1. The Balaban J connectivity index is 1.71. The second kappa shape index (κ2) is 9.69. The van der Waals surface area contributed by atoms with Gasteiger partial charge in [0, 0.05) is 29.9 Å². The van der Waals surface area contributed by atoms with Gasteiger partial charge in [0.1, 0.15) is 18.5 Å². The molecule has 12 heteroatoms. The van der Waals surface area contributed by atoms with Gasteiger partial charge in [0.2, 0.25) is 5.75 Å². The number of hydrogen-bond donors (Lipinski definition) is 1. The zero-order valence-corrected chi connectivity index (χ0v) is 19.8. The molecule has 1 atom stereocenters. The molecule has 4 aromatic rings. The van der Waals surface area contributed by atoms with Crippen molar-refractivity contribution in [2.75, 3.05) is 0 Å². The number of nitrogens with zero attached hydrogens (tertiary/aromatic N) is 6. The predicted molar refractivity (Wildman–Crippen MR) is 123 cm³/mol. The Kier molecular flexibility index (Phi) is 6.70. The molecular weight excluding hydrogens is 511 g/mol.